The second kappa shape index (κ2) is 5.89. The zero-order chi connectivity index (χ0) is 14.7. The second-order valence-corrected chi connectivity index (χ2v) is 4.99. The summed E-state index contributed by atoms with van der Waals surface area (Å²) in [4.78, 5) is 8.65. The molecule has 0 aliphatic rings. The van der Waals surface area contributed by atoms with E-state index in [1.54, 1.807) is 12.4 Å². The number of rotatable bonds is 4. The minimum atomic E-state index is -0.0385. The van der Waals surface area contributed by atoms with E-state index in [1.165, 1.54) is 0 Å². The minimum Gasteiger partial charge on any atom is -0.392 e. The maximum atomic E-state index is 9.57. The van der Waals surface area contributed by atoms with Crippen LogP contribution in [0.1, 0.15) is 24.1 Å². The van der Waals surface area contributed by atoms with Crippen LogP contribution >= 0.6 is 0 Å². The fourth-order valence-electron chi connectivity index (χ4n) is 2.35. The highest BCUT2D eigenvalue weighted by Gasteiger charge is 2.10. The van der Waals surface area contributed by atoms with Gasteiger partial charge in [-0.3, -0.25) is 4.98 Å². The van der Waals surface area contributed by atoms with E-state index in [1.807, 2.05) is 42.5 Å². The largest absolute Gasteiger partial charge is 0.392 e. The van der Waals surface area contributed by atoms with Crippen LogP contribution in [0.25, 0.3) is 10.9 Å². The number of anilines is 1. The molecule has 1 aromatic carbocycles. The first-order valence-corrected chi connectivity index (χ1v) is 6.94. The highest BCUT2D eigenvalue weighted by atomic mass is 16.3. The summed E-state index contributed by atoms with van der Waals surface area (Å²) in [5, 5.41) is 14.0. The van der Waals surface area contributed by atoms with Crippen LogP contribution in [0.3, 0.4) is 0 Å². The highest BCUT2D eigenvalue weighted by Crippen LogP contribution is 2.24. The Hall–Kier alpha value is -2.46. The molecule has 0 spiro atoms. The summed E-state index contributed by atoms with van der Waals surface area (Å²) in [6.45, 7) is 2.02. The molecule has 106 valence electrons. The van der Waals surface area contributed by atoms with Crippen molar-refractivity contribution < 1.29 is 5.11 Å². The van der Waals surface area contributed by atoms with Crippen molar-refractivity contribution in [1.29, 1.82) is 0 Å². The predicted octanol–water partition coefficient (Wildman–Crippen LogP) is 3.30. The van der Waals surface area contributed by atoms with Crippen molar-refractivity contribution in [2.45, 2.75) is 19.6 Å². The molecule has 1 atom stereocenters. The van der Waals surface area contributed by atoms with E-state index in [0.717, 1.165) is 27.8 Å². The molecule has 3 aromatic rings. The Balaban J connectivity index is 1.96. The molecule has 4 heteroatoms. The number of fused-ring (bicyclic) bond motifs is 1. The smallest absolute Gasteiger partial charge is 0.132 e. The van der Waals surface area contributed by atoms with E-state index in [9.17, 15) is 5.11 Å². The Labute approximate surface area is 123 Å². The van der Waals surface area contributed by atoms with Crippen LogP contribution in [0.2, 0.25) is 0 Å². The van der Waals surface area contributed by atoms with Crippen molar-refractivity contribution in [2.24, 2.45) is 0 Å². The predicted molar refractivity (Wildman–Crippen MR) is 83.9 cm³/mol. The molecule has 1 unspecified atom stereocenters. The fourth-order valence-corrected chi connectivity index (χ4v) is 2.35. The van der Waals surface area contributed by atoms with Gasteiger partial charge in [-0.15, -0.1) is 0 Å². The topological polar surface area (TPSA) is 58.0 Å². The van der Waals surface area contributed by atoms with E-state index in [0.29, 0.717) is 0 Å². The fraction of sp³-hybridized carbons (Fsp3) is 0.176. The SMILES string of the molecule is CC(Nc1nc2ccccc2cc1CO)c1ccncc1. The number of aliphatic hydroxyl groups excluding tert-OH is 1. The summed E-state index contributed by atoms with van der Waals surface area (Å²) < 4.78 is 0. The number of hydrogen-bond acceptors (Lipinski definition) is 4. The summed E-state index contributed by atoms with van der Waals surface area (Å²) in [5.41, 5.74) is 2.84. The van der Waals surface area contributed by atoms with E-state index < -0.39 is 0 Å². The Morgan fingerprint density at radius 1 is 1.14 bits per heavy atom. The number of pyridine rings is 2. The van der Waals surface area contributed by atoms with Crippen LogP contribution in [0.4, 0.5) is 5.82 Å². The number of nitrogens with zero attached hydrogens (tertiary/aromatic N) is 2. The lowest BCUT2D eigenvalue weighted by molar-refractivity contribution is 0.282. The van der Waals surface area contributed by atoms with E-state index in [-0.39, 0.29) is 12.6 Å². The van der Waals surface area contributed by atoms with Gasteiger partial charge in [-0.1, -0.05) is 18.2 Å². The summed E-state index contributed by atoms with van der Waals surface area (Å²) >= 11 is 0. The maximum Gasteiger partial charge on any atom is 0.132 e. The van der Waals surface area contributed by atoms with Gasteiger partial charge in [0.15, 0.2) is 0 Å². The molecule has 2 aromatic heterocycles. The molecule has 21 heavy (non-hydrogen) atoms. The van der Waals surface area contributed by atoms with Crippen molar-refractivity contribution in [3.8, 4) is 0 Å². The van der Waals surface area contributed by atoms with Gasteiger partial charge in [0.1, 0.15) is 5.82 Å². The second-order valence-electron chi connectivity index (χ2n) is 4.99. The molecule has 0 fully saturated rings. The third-order valence-corrected chi connectivity index (χ3v) is 3.53. The van der Waals surface area contributed by atoms with Gasteiger partial charge in [-0.2, -0.15) is 0 Å². The zero-order valence-electron chi connectivity index (χ0n) is 11.8. The quantitative estimate of drug-likeness (QED) is 0.769. The van der Waals surface area contributed by atoms with Crippen molar-refractivity contribution in [3.63, 3.8) is 0 Å². The monoisotopic (exact) mass is 279 g/mol. The van der Waals surface area contributed by atoms with Crippen LogP contribution in [-0.4, -0.2) is 15.1 Å². The van der Waals surface area contributed by atoms with Crippen LogP contribution < -0.4 is 5.32 Å². The lowest BCUT2D eigenvalue weighted by Gasteiger charge is -2.17. The van der Waals surface area contributed by atoms with Gasteiger partial charge < -0.3 is 10.4 Å². The average Bonchev–Trinajstić information content (AvgIpc) is 2.55. The Morgan fingerprint density at radius 3 is 2.67 bits per heavy atom. The summed E-state index contributed by atoms with van der Waals surface area (Å²) in [5.74, 6) is 0.723. The molecular weight excluding hydrogens is 262 g/mol. The van der Waals surface area contributed by atoms with Gasteiger partial charge in [-0.25, -0.2) is 4.98 Å². The first kappa shape index (κ1) is 13.5. The Morgan fingerprint density at radius 2 is 1.90 bits per heavy atom. The molecule has 2 heterocycles. The highest BCUT2D eigenvalue weighted by molar-refractivity contribution is 5.81. The first-order chi connectivity index (χ1) is 10.3. The van der Waals surface area contributed by atoms with Crippen LogP contribution in [0.5, 0.6) is 0 Å². The average molecular weight is 279 g/mol. The van der Waals surface area contributed by atoms with Crippen molar-refractivity contribution in [1.82, 2.24) is 9.97 Å². The summed E-state index contributed by atoms with van der Waals surface area (Å²) in [7, 11) is 0. The molecule has 0 amide bonds. The number of nitrogens with one attached hydrogen (secondary N) is 1. The summed E-state index contributed by atoms with van der Waals surface area (Å²) in [6.07, 6.45) is 3.54. The molecule has 2 N–H and O–H groups in total. The number of aromatic nitrogens is 2. The van der Waals surface area contributed by atoms with Crippen LogP contribution in [-0.2, 0) is 6.61 Å². The van der Waals surface area contributed by atoms with Gasteiger partial charge in [0, 0.05) is 23.3 Å². The molecule has 4 nitrogen and oxygen atoms in total. The molecule has 0 radical (unpaired) electrons. The molecule has 0 saturated heterocycles. The van der Waals surface area contributed by atoms with Crippen molar-refractivity contribution in [3.05, 3.63) is 66.0 Å². The Kier molecular flexibility index (Phi) is 3.79. The molecule has 0 aliphatic carbocycles. The van der Waals surface area contributed by atoms with Gasteiger partial charge in [-0.05, 0) is 36.8 Å². The van der Waals surface area contributed by atoms with Crippen LogP contribution in [0.15, 0.2) is 54.9 Å². The molecule has 0 aliphatic heterocycles. The molecule has 0 saturated carbocycles. The zero-order valence-corrected chi connectivity index (χ0v) is 11.8. The van der Waals surface area contributed by atoms with Gasteiger partial charge in [0.25, 0.3) is 0 Å². The lowest BCUT2D eigenvalue weighted by atomic mass is 10.1. The molecular formula is C17H17N3O. The number of benzene rings is 1. The van der Waals surface area contributed by atoms with Gasteiger partial charge >= 0.3 is 0 Å². The number of aliphatic hydroxyl groups is 1. The first-order valence-electron chi connectivity index (χ1n) is 6.94. The van der Waals surface area contributed by atoms with E-state index in [4.69, 9.17) is 0 Å². The summed E-state index contributed by atoms with van der Waals surface area (Å²) in [6, 6.07) is 13.9. The third-order valence-electron chi connectivity index (χ3n) is 3.53. The third kappa shape index (κ3) is 2.85. The molecule has 3 rings (SSSR count). The van der Waals surface area contributed by atoms with Crippen LogP contribution in [0, 0.1) is 0 Å². The van der Waals surface area contributed by atoms with Gasteiger partial charge in [0.2, 0.25) is 0 Å². The van der Waals surface area contributed by atoms with E-state index in [2.05, 4.69) is 22.2 Å². The number of hydrogen-bond donors (Lipinski definition) is 2. The standard InChI is InChI=1S/C17H17N3O/c1-12(13-6-8-18-9-7-13)19-17-15(11-21)10-14-4-2-3-5-16(14)20-17/h2-10,12,21H,11H2,1H3,(H,19,20). The van der Waals surface area contributed by atoms with Gasteiger partial charge in [0.05, 0.1) is 18.2 Å². The molecule has 0 bridgehead atoms. The van der Waals surface area contributed by atoms with E-state index >= 15 is 0 Å². The lowest BCUT2D eigenvalue weighted by Crippen LogP contribution is -2.10. The maximum absolute atomic E-state index is 9.57. The normalized spacial score (nSPS) is 12.3. The minimum absolute atomic E-state index is 0.0385. The Bertz CT molecular complexity index is 743. The van der Waals surface area contributed by atoms with Crippen molar-refractivity contribution in [2.75, 3.05) is 5.32 Å². The van der Waals surface area contributed by atoms with Crippen molar-refractivity contribution >= 4 is 16.7 Å². The number of para-hydroxylation sites is 1.